The normalized spacial score (nSPS) is 11.0. The zero-order valence-electron chi connectivity index (χ0n) is 12.0. The summed E-state index contributed by atoms with van der Waals surface area (Å²) in [5.74, 6) is 0. The van der Waals surface area contributed by atoms with E-state index in [1.807, 2.05) is 24.3 Å². The fourth-order valence-electron chi connectivity index (χ4n) is 1.86. The minimum absolute atomic E-state index is 0.223. The third-order valence-corrected chi connectivity index (χ3v) is 4.42. The van der Waals surface area contributed by atoms with Crippen LogP contribution in [0.2, 0.25) is 0 Å². The number of carbonyl (C=O) groups is 1. The molecule has 0 unspecified atom stereocenters. The van der Waals surface area contributed by atoms with Crippen LogP contribution in [-0.2, 0) is 16.5 Å². The molecule has 0 spiro atoms. The van der Waals surface area contributed by atoms with Crippen LogP contribution in [0.3, 0.4) is 0 Å². The van der Waals surface area contributed by atoms with Gasteiger partial charge in [-0.15, -0.1) is 0 Å². The van der Waals surface area contributed by atoms with Crippen molar-refractivity contribution in [2.45, 2.75) is 11.3 Å². The molecule has 0 atom stereocenters. The summed E-state index contributed by atoms with van der Waals surface area (Å²) in [4.78, 5) is 11.5. The molecule has 0 aliphatic rings. The van der Waals surface area contributed by atoms with Crippen LogP contribution in [0.1, 0.15) is 5.56 Å². The van der Waals surface area contributed by atoms with Crippen LogP contribution >= 0.6 is 15.9 Å². The highest BCUT2D eigenvalue weighted by atomic mass is 79.9. The predicted molar refractivity (Wildman–Crippen MR) is 91.1 cm³/mol. The van der Waals surface area contributed by atoms with E-state index in [-0.39, 0.29) is 10.9 Å². The smallest absolute Gasteiger partial charge is 0.319 e. The Balaban J connectivity index is 1.81. The van der Waals surface area contributed by atoms with Gasteiger partial charge in [-0.05, 0) is 48.4 Å². The molecular weight excluding hydrogens is 384 g/mol. The van der Waals surface area contributed by atoms with Crippen molar-refractivity contribution in [1.82, 2.24) is 5.32 Å². The molecule has 2 aromatic rings. The lowest BCUT2D eigenvalue weighted by molar-refractivity contribution is 0.252. The van der Waals surface area contributed by atoms with E-state index in [0.29, 0.717) is 18.7 Å². The lowest BCUT2D eigenvalue weighted by Gasteiger charge is -2.08. The van der Waals surface area contributed by atoms with E-state index in [1.165, 1.54) is 24.3 Å². The van der Waals surface area contributed by atoms with Gasteiger partial charge in [0.05, 0.1) is 4.90 Å². The fourth-order valence-corrected chi connectivity index (χ4v) is 2.60. The number of anilines is 1. The monoisotopic (exact) mass is 398 g/mol. The van der Waals surface area contributed by atoms with Gasteiger partial charge in [0.2, 0.25) is 0 Å². The molecule has 0 saturated carbocycles. The van der Waals surface area contributed by atoms with Crippen LogP contribution in [0.5, 0.6) is 0 Å². The quantitative estimate of drug-likeness (QED) is 0.674. The van der Waals surface area contributed by atoms with Crippen molar-refractivity contribution in [3.8, 4) is 0 Å². The summed E-state index contributed by atoms with van der Waals surface area (Å²) in [7, 11) is -4.23. The number of carbonyl (C=O) groups excluding carboxylic acids is 1. The molecule has 0 radical (unpaired) electrons. The van der Waals surface area contributed by atoms with Gasteiger partial charge in [0.1, 0.15) is 0 Å². The average molecular weight is 399 g/mol. The van der Waals surface area contributed by atoms with E-state index in [9.17, 15) is 13.2 Å². The summed E-state index contributed by atoms with van der Waals surface area (Å²) in [6.07, 6.45) is 0.697. The highest BCUT2D eigenvalue weighted by molar-refractivity contribution is 9.10. The van der Waals surface area contributed by atoms with Crippen LogP contribution in [0, 0.1) is 0 Å². The largest absolute Gasteiger partial charge is 0.338 e. The molecule has 0 heterocycles. The molecule has 0 saturated heterocycles. The molecule has 0 aliphatic carbocycles. The highest BCUT2D eigenvalue weighted by Gasteiger charge is 2.09. The standard InChI is InChI=1S/C15H15BrN2O4S/c16-12-3-1-11(2-4-12)9-10-17-15(19)18-13-5-7-14(8-6-13)23(20,21)22/h1-8H,9-10H2,(H2,17,18,19)(H,20,21,22). The molecule has 0 aromatic heterocycles. The average Bonchev–Trinajstić information content (AvgIpc) is 2.49. The maximum absolute atomic E-state index is 11.7. The van der Waals surface area contributed by atoms with Gasteiger partial charge >= 0.3 is 6.03 Å². The molecule has 23 heavy (non-hydrogen) atoms. The Kier molecular flexibility index (Phi) is 5.75. The van der Waals surface area contributed by atoms with Crippen molar-refractivity contribution in [3.05, 3.63) is 58.6 Å². The topological polar surface area (TPSA) is 95.5 Å². The van der Waals surface area contributed by atoms with Crippen LogP contribution < -0.4 is 10.6 Å². The van der Waals surface area contributed by atoms with Crippen molar-refractivity contribution in [2.24, 2.45) is 0 Å². The second-order valence-electron chi connectivity index (χ2n) is 4.76. The minimum atomic E-state index is -4.23. The molecule has 0 aliphatic heterocycles. The first-order chi connectivity index (χ1) is 10.8. The Labute approximate surface area is 142 Å². The lowest BCUT2D eigenvalue weighted by atomic mass is 10.1. The highest BCUT2D eigenvalue weighted by Crippen LogP contribution is 2.13. The zero-order valence-corrected chi connectivity index (χ0v) is 14.4. The third kappa shape index (κ3) is 5.66. The van der Waals surface area contributed by atoms with Gasteiger partial charge in [-0.1, -0.05) is 28.1 Å². The molecule has 122 valence electrons. The molecule has 2 rings (SSSR count). The Bertz CT molecular complexity index is 774. The van der Waals surface area contributed by atoms with Gasteiger partial charge in [-0.3, -0.25) is 4.55 Å². The molecule has 3 N–H and O–H groups in total. The number of benzene rings is 2. The van der Waals surface area contributed by atoms with Crippen molar-refractivity contribution < 1.29 is 17.8 Å². The molecule has 2 aromatic carbocycles. The van der Waals surface area contributed by atoms with Gasteiger partial charge in [0.15, 0.2) is 0 Å². The number of rotatable bonds is 5. The van der Waals surface area contributed by atoms with Gasteiger partial charge < -0.3 is 10.6 Å². The van der Waals surface area contributed by atoms with Crippen LogP contribution in [0.15, 0.2) is 57.9 Å². The number of halogens is 1. The van der Waals surface area contributed by atoms with E-state index in [0.717, 1.165) is 10.0 Å². The first-order valence-electron chi connectivity index (χ1n) is 6.71. The summed E-state index contributed by atoms with van der Waals surface area (Å²) >= 11 is 3.36. The minimum Gasteiger partial charge on any atom is -0.338 e. The van der Waals surface area contributed by atoms with Gasteiger partial charge in [-0.25, -0.2) is 4.79 Å². The van der Waals surface area contributed by atoms with Gasteiger partial charge in [-0.2, -0.15) is 8.42 Å². The van der Waals surface area contributed by atoms with E-state index < -0.39 is 10.1 Å². The second kappa shape index (κ2) is 7.58. The van der Waals surface area contributed by atoms with Crippen LogP contribution in [0.25, 0.3) is 0 Å². The summed E-state index contributed by atoms with van der Waals surface area (Å²) in [6.45, 7) is 0.469. The van der Waals surface area contributed by atoms with Crippen molar-refractivity contribution in [1.29, 1.82) is 0 Å². The summed E-state index contributed by atoms with van der Waals surface area (Å²) in [6, 6.07) is 12.7. The zero-order chi connectivity index (χ0) is 16.9. The molecule has 8 heteroatoms. The number of nitrogens with one attached hydrogen (secondary N) is 2. The van der Waals surface area contributed by atoms with E-state index in [4.69, 9.17) is 4.55 Å². The summed E-state index contributed by atoms with van der Waals surface area (Å²) in [5, 5.41) is 5.29. The number of hydrogen-bond donors (Lipinski definition) is 3. The molecule has 0 bridgehead atoms. The molecule has 0 fully saturated rings. The molecule has 2 amide bonds. The molecular formula is C15H15BrN2O4S. The van der Waals surface area contributed by atoms with Gasteiger partial charge in [0.25, 0.3) is 10.1 Å². The number of hydrogen-bond acceptors (Lipinski definition) is 3. The predicted octanol–water partition coefficient (Wildman–Crippen LogP) is 3.06. The van der Waals surface area contributed by atoms with E-state index >= 15 is 0 Å². The first kappa shape index (κ1) is 17.5. The van der Waals surface area contributed by atoms with Crippen molar-refractivity contribution in [3.63, 3.8) is 0 Å². The van der Waals surface area contributed by atoms with Crippen LogP contribution in [0.4, 0.5) is 10.5 Å². The Morgan fingerprint density at radius 3 is 2.22 bits per heavy atom. The number of amides is 2. The number of urea groups is 1. The lowest BCUT2D eigenvalue weighted by Crippen LogP contribution is -2.30. The Hall–Kier alpha value is -1.90. The van der Waals surface area contributed by atoms with Gasteiger partial charge in [0, 0.05) is 16.7 Å². The van der Waals surface area contributed by atoms with Crippen molar-refractivity contribution >= 4 is 37.8 Å². The van der Waals surface area contributed by atoms with Crippen molar-refractivity contribution in [2.75, 3.05) is 11.9 Å². The second-order valence-corrected chi connectivity index (χ2v) is 7.09. The SMILES string of the molecule is O=C(NCCc1ccc(Br)cc1)Nc1ccc(S(=O)(=O)O)cc1. The van der Waals surface area contributed by atoms with E-state index in [1.54, 1.807) is 0 Å². The third-order valence-electron chi connectivity index (χ3n) is 3.02. The molecule has 6 nitrogen and oxygen atoms in total. The Morgan fingerprint density at radius 1 is 1.04 bits per heavy atom. The summed E-state index contributed by atoms with van der Waals surface area (Å²) < 4.78 is 31.7. The maximum atomic E-state index is 11.7. The maximum Gasteiger partial charge on any atom is 0.319 e. The first-order valence-corrected chi connectivity index (χ1v) is 8.95. The summed E-state index contributed by atoms with van der Waals surface area (Å²) in [5.41, 5.74) is 1.53. The van der Waals surface area contributed by atoms with Crippen LogP contribution in [-0.4, -0.2) is 25.5 Å². The Morgan fingerprint density at radius 2 is 1.65 bits per heavy atom. The van der Waals surface area contributed by atoms with E-state index in [2.05, 4.69) is 26.6 Å². The fraction of sp³-hybridized carbons (Fsp3) is 0.133.